The van der Waals surface area contributed by atoms with E-state index >= 15 is 0 Å². The molecule has 0 aliphatic heterocycles. The Labute approximate surface area is 123 Å². The monoisotopic (exact) mass is 360 g/mol. The van der Waals surface area contributed by atoms with Gasteiger partial charge in [0.15, 0.2) is 0 Å². The zero-order valence-corrected chi connectivity index (χ0v) is 12.4. The van der Waals surface area contributed by atoms with E-state index in [-0.39, 0.29) is 16.4 Å². The Bertz CT molecular complexity index is 739. The molecule has 1 aromatic heterocycles. The lowest BCUT2D eigenvalue weighted by Gasteiger charge is -2.11. The van der Waals surface area contributed by atoms with Gasteiger partial charge in [-0.15, -0.1) is 0 Å². The number of hydrogen-bond acceptors (Lipinski definition) is 5. The van der Waals surface area contributed by atoms with E-state index in [0.717, 1.165) is 6.07 Å². The number of nitrogens with two attached hydrogens (primary N) is 1. The van der Waals surface area contributed by atoms with Crippen molar-refractivity contribution in [3.8, 4) is 0 Å². The SMILES string of the molecule is NNc1cccnc1S(=O)(=O)Nc1cc(F)ccc1Br. The van der Waals surface area contributed by atoms with Gasteiger partial charge in [-0.05, 0) is 46.3 Å². The van der Waals surface area contributed by atoms with Gasteiger partial charge in [0.25, 0.3) is 10.0 Å². The van der Waals surface area contributed by atoms with Crippen LogP contribution in [0.25, 0.3) is 0 Å². The third-order valence-electron chi connectivity index (χ3n) is 2.35. The lowest BCUT2D eigenvalue weighted by molar-refractivity contribution is 0.597. The summed E-state index contributed by atoms with van der Waals surface area (Å²) < 4.78 is 40.3. The second-order valence-corrected chi connectivity index (χ2v) is 6.18. The lowest BCUT2D eigenvalue weighted by Crippen LogP contribution is -2.19. The molecule has 0 fully saturated rings. The fourth-order valence-corrected chi connectivity index (χ4v) is 3.13. The van der Waals surface area contributed by atoms with Crippen LogP contribution in [0.5, 0.6) is 0 Å². The summed E-state index contributed by atoms with van der Waals surface area (Å²) in [5.74, 6) is 4.68. The topological polar surface area (TPSA) is 97.1 Å². The van der Waals surface area contributed by atoms with Gasteiger partial charge in [-0.2, -0.15) is 8.42 Å². The van der Waals surface area contributed by atoms with Crippen LogP contribution in [0.15, 0.2) is 46.0 Å². The van der Waals surface area contributed by atoms with Crippen molar-refractivity contribution in [2.24, 2.45) is 5.84 Å². The zero-order valence-electron chi connectivity index (χ0n) is 9.97. The fourth-order valence-electron chi connectivity index (χ4n) is 1.48. The molecule has 2 rings (SSSR count). The summed E-state index contributed by atoms with van der Waals surface area (Å²) in [4.78, 5) is 3.77. The number of nitrogen functional groups attached to an aromatic ring is 1. The molecule has 2 aromatic rings. The number of hydrogen-bond donors (Lipinski definition) is 3. The van der Waals surface area contributed by atoms with Gasteiger partial charge in [0.1, 0.15) is 5.82 Å². The van der Waals surface area contributed by atoms with E-state index in [1.807, 2.05) is 0 Å². The molecule has 4 N–H and O–H groups in total. The van der Waals surface area contributed by atoms with Crippen LogP contribution in [-0.4, -0.2) is 13.4 Å². The Morgan fingerprint density at radius 1 is 1.25 bits per heavy atom. The number of rotatable bonds is 4. The molecule has 20 heavy (non-hydrogen) atoms. The molecule has 0 bridgehead atoms. The van der Waals surface area contributed by atoms with Gasteiger partial charge in [0.2, 0.25) is 5.03 Å². The predicted octanol–water partition coefficient (Wildman–Crippen LogP) is 2.07. The number of pyridine rings is 1. The Hall–Kier alpha value is -1.71. The number of aromatic nitrogens is 1. The van der Waals surface area contributed by atoms with Crippen molar-refractivity contribution in [1.29, 1.82) is 0 Å². The van der Waals surface area contributed by atoms with Crippen molar-refractivity contribution in [1.82, 2.24) is 4.98 Å². The van der Waals surface area contributed by atoms with Crippen molar-refractivity contribution in [3.63, 3.8) is 0 Å². The first-order valence-electron chi connectivity index (χ1n) is 5.33. The van der Waals surface area contributed by atoms with Crippen LogP contribution in [0.4, 0.5) is 15.8 Å². The van der Waals surface area contributed by atoms with Gasteiger partial charge in [-0.1, -0.05) is 0 Å². The number of nitrogens with one attached hydrogen (secondary N) is 2. The quantitative estimate of drug-likeness (QED) is 0.572. The van der Waals surface area contributed by atoms with Crippen molar-refractivity contribution in [2.75, 3.05) is 10.1 Å². The average Bonchev–Trinajstić information content (AvgIpc) is 2.42. The van der Waals surface area contributed by atoms with Crippen molar-refractivity contribution in [3.05, 3.63) is 46.8 Å². The molecule has 0 unspecified atom stereocenters. The standard InChI is InChI=1S/C11H10BrFN4O2S/c12-8-4-3-7(13)6-10(8)17-20(18,19)11-9(16-14)2-1-5-15-11/h1-6,16-17H,14H2. The van der Waals surface area contributed by atoms with Gasteiger partial charge >= 0.3 is 0 Å². The molecule has 106 valence electrons. The first kappa shape index (κ1) is 14.7. The molecule has 1 aromatic carbocycles. The third-order valence-corrected chi connectivity index (χ3v) is 4.37. The molecule has 0 spiro atoms. The van der Waals surface area contributed by atoms with Gasteiger partial charge in [-0.3, -0.25) is 10.6 Å². The van der Waals surface area contributed by atoms with Crippen LogP contribution >= 0.6 is 15.9 Å². The Morgan fingerprint density at radius 2 is 2.00 bits per heavy atom. The smallest absolute Gasteiger partial charge is 0.281 e. The highest BCUT2D eigenvalue weighted by Gasteiger charge is 2.21. The Morgan fingerprint density at radius 3 is 2.70 bits per heavy atom. The minimum atomic E-state index is -4.00. The van der Waals surface area contributed by atoms with Crippen LogP contribution < -0.4 is 16.0 Å². The van der Waals surface area contributed by atoms with E-state index in [9.17, 15) is 12.8 Å². The summed E-state index contributed by atoms with van der Waals surface area (Å²) >= 11 is 3.14. The first-order valence-corrected chi connectivity index (χ1v) is 7.61. The van der Waals surface area contributed by atoms with E-state index in [1.54, 1.807) is 0 Å². The van der Waals surface area contributed by atoms with Gasteiger partial charge in [-0.25, -0.2) is 9.37 Å². The minimum absolute atomic E-state index is 0.0682. The molecule has 0 atom stereocenters. The number of benzene rings is 1. The number of halogens is 2. The molecule has 0 saturated heterocycles. The number of nitrogens with zero attached hydrogens (tertiary/aromatic N) is 1. The maximum Gasteiger partial charge on any atom is 0.281 e. The lowest BCUT2D eigenvalue weighted by atomic mass is 10.3. The van der Waals surface area contributed by atoms with E-state index in [0.29, 0.717) is 4.47 Å². The molecule has 1 heterocycles. The van der Waals surface area contributed by atoms with E-state index in [4.69, 9.17) is 5.84 Å². The van der Waals surface area contributed by atoms with Crippen LogP contribution in [-0.2, 0) is 10.0 Å². The highest BCUT2D eigenvalue weighted by atomic mass is 79.9. The highest BCUT2D eigenvalue weighted by molar-refractivity contribution is 9.10. The number of sulfonamides is 1. The molecule has 0 radical (unpaired) electrons. The number of anilines is 2. The molecule has 0 aliphatic carbocycles. The largest absolute Gasteiger partial charge is 0.321 e. The van der Waals surface area contributed by atoms with Crippen LogP contribution in [0.1, 0.15) is 0 Å². The third kappa shape index (κ3) is 3.06. The summed E-state index contributed by atoms with van der Waals surface area (Å²) in [5.41, 5.74) is 2.45. The van der Waals surface area contributed by atoms with Crippen LogP contribution in [0.2, 0.25) is 0 Å². The Balaban J connectivity index is 2.43. The van der Waals surface area contributed by atoms with Crippen LogP contribution in [0, 0.1) is 5.82 Å². The van der Waals surface area contributed by atoms with Crippen molar-refractivity contribution < 1.29 is 12.8 Å². The van der Waals surface area contributed by atoms with Gasteiger partial charge < -0.3 is 5.43 Å². The number of hydrazine groups is 1. The zero-order chi connectivity index (χ0) is 14.8. The van der Waals surface area contributed by atoms with Gasteiger partial charge in [0, 0.05) is 10.7 Å². The molecule has 0 saturated carbocycles. The second-order valence-electron chi connectivity index (χ2n) is 3.73. The molecule has 0 amide bonds. The summed E-state index contributed by atoms with van der Waals surface area (Å²) in [5, 5.41) is -0.279. The normalized spacial score (nSPS) is 11.2. The maximum atomic E-state index is 13.2. The first-order chi connectivity index (χ1) is 9.44. The van der Waals surface area contributed by atoms with Crippen molar-refractivity contribution in [2.45, 2.75) is 5.03 Å². The van der Waals surface area contributed by atoms with E-state index < -0.39 is 15.8 Å². The summed E-state index contributed by atoms with van der Waals surface area (Å²) in [6.07, 6.45) is 1.32. The molecule has 0 aliphatic rings. The Kier molecular flexibility index (Phi) is 4.21. The van der Waals surface area contributed by atoms with E-state index in [1.165, 1.54) is 30.5 Å². The fraction of sp³-hybridized carbons (Fsp3) is 0. The van der Waals surface area contributed by atoms with Crippen molar-refractivity contribution >= 4 is 37.3 Å². The molecular formula is C11H10BrFN4O2S. The second kappa shape index (κ2) is 5.73. The predicted molar refractivity (Wildman–Crippen MR) is 77.0 cm³/mol. The van der Waals surface area contributed by atoms with E-state index in [2.05, 4.69) is 31.1 Å². The average molecular weight is 361 g/mol. The van der Waals surface area contributed by atoms with Crippen LogP contribution in [0.3, 0.4) is 0 Å². The van der Waals surface area contributed by atoms with Gasteiger partial charge in [0.05, 0.1) is 11.4 Å². The maximum absolute atomic E-state index is 13.2. The minimum Gasteiger partial charge on any atom is -0.321 e. The summed E-state index contributed by atoms with van der Waals surface area (Å²) in [6.45, 7) is 0. The summed E-state index contributed by atoms with van der Waals surface area (Å²) in [7, 11) is -4.00. The molecular weight excluding hydrogens is 351 g/mol. The highest BCUT2D eigenvalue weighted by Crippen LogP contribution is 2.27. The summed E-state index contributed by atoms with van der Waals surface area (Å²) in [6, 6.07) is 6.65. The molecule has 6 nitrogen and oxygen atoms in total. The molecule has 9 heteroatoms.